The fourth-order valence-electron chi connectivity index (χ4n) is 2.90. The number of pyridine rings is 1. The summed E-state index contributed by atoms with van der Waals surface area (Å²) in [7, 11) is 0. The lowest BCUT2D eigenvalue weighted by atomic mass is 10.1. The topological polar surface area (TPSA) is 42.7 Å². The first kappa shape index (κ1) is 23.8. The number of hydrogen-bond donors (Lipinski definition) is 2. The molecule has 3 rings (SSSR count). The Kier molecular flexibility index (Phi) is 6.40. The molecule has 32 heavy (non-hydrogen) atoms. The highest BCUT2D eigenvalue weighted by atomic mass is 32.1. The Bertz CT molecular complexity index is 1100. The van der Waals surface area contributed by atoms with Crippen LogP contribution in [0.4, 0.5) is 40.8 Å². The van der Waals surface area contributed by atoms with Crippen molar-refractivity contribution in [2.24, 2.45) is 0 Å². The second-order valence-electron chi connectivity index (χ2n) is 6.70. The minimum Gasteiger partial charge on any atom is -0.380 e. The summed E-state index contributed by atoms with van der Waals surface area (Å²) in [6.45, 7) is 1.25. The van der Waals surface area contributed by atoms with Crippen molar-refractivity contribution in [2.75, 3.05) is 5.32 Å². The Balaban J connectivity index is 2.02. The van der Waals surface area contributed by atoms with Crippen LogP contribution in [0.2, 0.25) is 0 Å². The molecule has 0 bridgehead atoms. The zero-order valence-corrected chi connectivity index (χ0v) is 17.0. The number of thiol groups is 1. The minimum atomic E-state index is -5.10. The summed E-state index contributed by atoms with van der Waals surface area (Å²) in [5.41, 5.74) is -3.37. The lowest BCUT2D eigenvalue weighted by molar-refractivity contribution is -0.143. The lowest BCUT2D eigenvalue weighted by Gasteiger charge is -2.18. The van der Waals surface area contributed by atoms with Crippen molar-refractivity contribution in [3.05, 3.63) is 70.8 Å². The van der Waals surface area contributed by atoms with Gasteiger partial charge in [-0.15, -0.1) is 0 Å². The van der Waals surface area contributed by atoms with Crippen molar-refractivity contribution in [3.8, 4) is 5.69 Å². The van der Waals surface area contributed by atoms with Gasteiger partial charge in [-0.3, -0.25) is 4.98 Å². The van der Waals surface area contributed by atoms with Crippen LogP contribution in [0.1, 0.15) is 34.7 Å². The molecule has 0 saturated heterocycles. The predicted molar refractivity (Wildman–Crippen MR) is 102 cm³/mol. The molecule has 1 N–H and O–H groups in total. The molecule has 2 heterocycles. The van der Waals surface area contributed by atoms with Gasteiger partial charge in [-0.2, -0.15) is 44.1 Å². The van der Waals surface area contributed by atoms with Crippen molar-refractivity contribution >= 4 is 18.3 Å². The van der Waals surface area contributed by atoms with E-state index in [0.29, 0.717) is 0 Å². The number of nitrogens with one attached hydrogen (secondary N) is 1. The van der Waals surface area contributed by atoms with Gasteiger partial charge in [0.15, 0.2) is 5.69 Å². The summed E-state index contributed by atoms with van der Waals surface area (Å²) < 4.78 is 107. The maximum Gasteiger partial charge on any atom is 0.435 e. The van der Waals surface area contributed by atoms with Crippen LogP contribution >= 0.6 is 12.6 Å². The number of alkyl halides is 6. The summed E-state index contributed by atoms with van der Waals surface area (Å²) in [5, 5.41) is 5.24. The number of halogens is 8. The van der Waals surface area contributed by atoms with E-state index in [2.05, 4.69) is 28.0 Å². The third-order valence-corrected chi connectivity index (χ3v) is 4.71. The highest BCUT2D eigenvalue weighted by Crippen LogP contribution is 2.37. The van der Waals surface area contributed by atoms with Gasteiger partial charge in [0.1, 0.15) is 17.3 Å². The summed E-state index contributed by atoms with van der Waals surface area (Å²) >= 11 is 4.24. The molecule has 1 atom stereocenters. The molecule has 0 amide bonds. The van der Waals surface area contributed by atoms with E-state index in [1.807, 2.05) is 0 Å². The zero-order valence-electron chi connectivity index (χ0n) is 16.1. The van der Waals surface area contributed by atoms with Gasteiger partial charge >= 0.3 is 12.4 Å². The van der Waals surface area contributed by atoms with Crippen LogP contribution in [0, 0.1) is 11.6 Å². The average Bonchev–Trinajstić information content (AvgIpc) is 3.14. The van der Waals surface area contributed by atoms with Gasteiger partial charge < -0.3 is 5.32 Å². The average molecular weight is 482 g/mol. The van der Waals surface area contributed by atoms with Gasteiger partial charge in [-0.25, -0.2) is 13.5 Å². The van der Waals surface area contributed by atoms with Gasteiger partial charge in [0.2, 0.25) is 0 Å². The first-order valence-electron chi connectivity index (χ1n) is 8.87. The predicted octanol–water partition coefficient (Wildman–Crippen LogP) is 6.19. The van der Waals surface area contributed by atoms with Crippen LogP contribution in [-0.4, -0.2) is 14.8 Å². The molecule has 3 aromatic rings. The molecular weight excluding hydrogens is 468 g/mol. The molecule has 0 radical (unpaired) electrons. The first-order valence-corrected chi connectivity index (χ1v) is 9.39. The molecule has 1 aromatic carbocycles. The highest BCUT2D eigenvalue weighted by molar-refractivity contribution is 7.80. The Morgan fingerprint density at radius 3 is 2.16 bits per heavy atom. The van der Waals surface area contributed by atoms with Gasteiger partial charge in [-0.1, -0.05) is 0 Å². The summed E-state index contributed by atoms with van der Waals surface area (Å²) in [5.74, 6) is -1.80. The number of hydrogen-bond acceptors (Lipinski definition) is 4. The SMILES string of the molecule is CC(S)c1cc(-n2nc(C(F)(F)F)cc2C(F)(F)F)ccc1NCc1c(F)cncc1F. The molecule has 13 heteroatoms. The number of nitrogens with zero attached hydrogens (tertiary/aromatic N) is 3. The first-order chi connectivity index (χ1) is 14.8. The molecule has 172 valence electrons. The molecule has 0 fully saturated rings. The normalized spacial score (nSPS) is 13.3. The molecule has 0 saturated carbocycles. The van der Waals surface area contributed by atoms with E-state index in [0.717, 1.165) is 18.5 Å². The Morgan fingerprint density at radius 2 is 1.62 bits per heavy atom. The molecule has 0 aliphatic carbocycles. The van der Waals surface area contributed by atoms with Crippen molar-refractivity contribution < 1.29 is 35.1 Å². The quantitative estimate of drug-likeness (QED) is 0.337. The van der Waals surface area contributed by atoms with Gasteiger partial charge in [0, 0.05) is 29.1 Å². The smallest absolute Gasteiger partial charge is 0.380 e. The van der Waals surface area contributed by atoms with E-state index in [4.69, 9.17) is 0 Å². The third-order valence-electron chi connectivity index (χ3n) is 4.43. The van der Waals surface area contributed by atoms with E-state index in [9.17, 15) is 35.1 Å². The van der Waals surface area contributed by atoms with E-state index >= 15 is 0 Å². The maximum absolute atomic E-state index is 13.8. The summed E-state index contributed by atoms with van der Waals surface area (Å²) in [6, 6.07) is 3.46. The van der Waals surface area contributed by atoms with Crippen molar-refractivity contribution in [3.63, 3.8) is 0 Å². The van der Waals surface area contributed by atoms with Crippen molar-refractivity contribution in [1.82, 2.24) is 14.8 Å². The molecule has 0 aliphatic rings. The van der Waals surface area contributed by atoms with Crippen LogP contribution in [0.3, 0.4) is 0 Å². The van der Waals surface area contributed by atoms with Crippen LogP contribution in [0.15, 0.2) is 36.7 Å². The van der Waals surface area contributed by atoms with Crippen molar-refractivity contribution in [1.29, 1.82) is 0 Å². The standard InChI is InChI=1S/C19H14F8N4S/c1-9(32)11-4-10(31-17(19(25,26)27)5-16(30-31)18(22,23)24)2-3-15(11)29-6-12-13(20)7-28-8-14(12)21/h2-5,7-9,29,32H,6H2,1H3. The van der Waals surface area contributed by atoms with Crippen LogP contribution < -0.4 is 5.32 Å². The largest absolute Gasteiger partial charge is 0.435 e. The number of benzene rings is 1. The monoisotopic (exact) mass is 482 g/mol. The molecule has 0 spiro atoms. The Labute approximate surface area is 181 Å². The molecule has 0 aliphatic heterocycles. The number of anilines is 1. The molecule has 1 unspecified atom stereocenters. The summed E-state index contributed by atoms with van der Waals surface area (Å²) in [4.78, 5) is 3.37. The van der Waals surface area contributed by atoms with Gasteiger partial charge in [0.25, 0.3) is 0 Å². The second-order valence-corrected chi connectivity index (χ2v) is 7.48. The van der Waals surface area contributed by atoms with Crippen LogP contribution in [-0.2, 0) is 18.9 Å². The van der Waals surface area contributed by atoms with Crippen LogP contribution in [0.25, 0.3) is 5.69 Å². The van der Waals surface area contributed by atoms with Crippen LogP contribution in [0.5, 0.6) is 0 Å². The molecular formula is C19H14F8N4S. The van der Waals surface area contributed by atoms with E-state index < -0.39 is 40.6 Å². The zero-order chi connectivity index (χ0) is 23.8. The minimum absolute atomic E-state index is 0.0784. The number of aromatic nitrogens is 3. The van der Waals surface area contributed by atoms with E-state index in [1.54, 1.807) is 6.92 Å². The summed E-state index contributed by atoms with van der Waals surface area (Å²) in [6.07, 6.45) is -8.54. The maximum atomic E-state index is 13.8. The fourth-order valence-corrected chi connectivity index (χ4v) is 3.11. The Hall–Kier alpha value is -2.83. The fraction of sp³-hybridized carbons (Fsp3) is 0.263. The Morgan fingerprint density at radius 1 is 1.00 bits per heavy atom. The number of rotatable bonds is 5. The molecule has 2 aromatic heterocycles. The van der Waals surface area contributed by atoms with E-state index in [-0.39, 0.29) is 39.8 Å². The lowest BCUT2D eigenvalue weighted by Crippen LogP contribution is -2.14. The van der Waals surface area contributed by atoms with Gasteiger partial charge in [0.05, 0.1) is 18.1 Å². The van der Waals surface area contributed by atoms with Gasteiger partial charge in [-0.05, 0) is 30.7 Å². The van der Waals surface area contributed by atoms with Crippen molar-refractivity contribution in [2.45, 2.75) is 31.1 Å². The molecule has 4 nitrogen and oxygen atoms in total. The van der Waals surface area contributed by atoms with E-state index in [1.165, 1.54) is 12.1 Å². The second kappa shape index (κ2) is 8.60. The highest BCUT2D eigenvalue weighted by Gasteiger charge is 2.42. The third kappa shape index (κ3) is 4.97.